The number of rotatable bonds is 1. The first-order valence-corrected chi connectivity index (χ1v) is 5.31. The number of aliphatic hydroxyl groups excluding tert-OH is 3. The molecule has 2 unspecified atom stereocenters. The van der Waals surface area contributed by atoms with Crippen molar-refractivity contribution in [2.45, 2.75) is 46.0 Å². The molecule has 2 atom stereocenters. The Morgan fingerprint density at radius 2 is 1.25 bits per heavy atom. The van der Waals surface area contributed by atoms with E-state index < -0.39 is 41.0 Å². The van der Waals surface area contributed by atoms with Gasteiger partial charge in [-0.2, -0.15) is 0 Å². The van der Waals surface area contributed by atoms with Crippen molar-refractivity contribution in [3.63, 3.8) is 0 Å². The van der Waals surface area contributed by atoms with Gasteiger partial charge in [0.1, 0.15) is 5.92 Å². The van der Waals surface area contributed by atoms with Gasteiger partial charge in [0, 0.05) is 10.8 Å². The molecular weight excluding hydrogens is 212 g/mol. The predicted octanol–water partition coefficient (Wildman–Crippen LogP) is -0.164. The van der Waals surface area contributed by atoms with Crippen LogP contribution in [0, 0.1) is 16.7 Å². The smallest absolute Gasteiger partial charge is 0.311 e. The van der Waals surface area contributed by atoms with Gasteiger partial charge in [-0.15, -0.1) is 0 Å². The van der Waals surface area contributed by atoms with E-state index in [0.717, 1.165) is 0 Å². The van der Waals surface area contributed by atoms with E-state index in [4.69, 9.17) is 5.11 Å². The molecule has 1 aliphatic rings. The van der Waals surface area contributed by atoms with Crippen LogP contribution in [0.2, 0.25) is 0 Å². The van der Waals surface area contributed by atoms with Gasteiger partial charge in [-0.1, -0.05) is 27.7 Å². The van der Waals surface area contributed by atoms with Crippen molar-refractivity contribution in [3.8, 4) is 0 Å². The average Bonchev–Trinajstić information content (AvgIpc) is 2.14. The second-order valence-corrected chi connectivity index (χ2v) is 5.80. The summed E-state index contributed by atoms with van der Waals surface area (Å²) < 4.78 is 0. The highest BCUT2D eigenvalue weighted by Crippen LogP contribution is 2.48. The van der Waals surface area contributed by atoms with Gasteiger partial charge in [0.25, 0.3) is 0 Å². The molecule has 1 fully saturated rings. The number of hydrogen-bond acceptors (Lipinski definition) is 4. The lowest BCUT2D eigenvalue weighted by Gasteiger charge is -2.53. The summed E-state index contributed by atoms with van der Waals surface area (Å²) in [5, 5.41) is 39.0. The van der Waals surface area contributed by atoms with Crippen molar-refractivity contribution in [1.82, 2.24) is 0 Å². The zero-order valence-electron chi connectivity index (χ0n) is 10.0. The Hall–Kier alpha value is -0.650. The standard InChI is InChI=1S/C11H20O5/c1-10(2)6(12)5(8(14)15)7(13)11(3,4)9(10)16/h5-7,9,12-13,16H,1-4H3,(H,14,15). The topological polar surface area (TPSA) is 98.0 Å². The molecule has 0 heterocycles. The van der Waals surface area contributed by atoms with E-state index in [9.17, 15) is 20.1 Å². The van der Waals surface area contributed by atoms with E-state index in [1.165, 1.54) is 0 Å². The van der Waals surface area contributed by atoms with Crippen LogP contribution in [-0.4, -0.2) is 44.7 Å². The molecule has 94 valence electrons. The lowest BCUT2D eigenvalue weighted by atomic mass is 9.56. The normalized spacial score (nSPS) is 41.7. The lowest BCUT2D eigenvalue weighted by molar-refractivity contribution is -0.223. The molecule has 1 aliphatic carbocycles. The van der Waals surface area contributed by atoms with Gasteiger partial charge in [0.05, 0.1) is 18.3 Å². The number of aliphatic carboxylic acids is 1. The van der Waals surface area contributed by atoms with Crippen LogP contribution in [0.4, 0.5) is 0 Å². The number of hydrogen-bond donors (Lipinski definition) is 4. The molecular formula is C11H20O5. The molecule has 4 N–H and O–H groups in total. The molecule has 0 aromatic heterocycles. The SMILES string of the molecule is CC1(C)C(O)C(C(=O)O)C(O)C(C)(C)C1O. The van der Waals surface area contributed by atoms with Gasteiger partial charge in [-0.25, -0.2) is 0 Å². The first-order chi connectivity index (χ1) is 7.04. The van der Waals surface area contributed by atoms with Crippen LogP contribution in [0.3, 0.4) is 0 Å². The van der Waals surface area contributed by atoms with Crippen LogP contribution in [-0.2, 0) is 4.79 Å². The molecule has 5 nitrogen and oxygen atoms in total. The van der Waals surface area contributed by atoms with Gasteiger partial charge < -0.3 is 20.4 Å². The van der Waals surface area contributed by atoms with Crippen molar-refractivity contribution < 1.29 is 25.2 Å². The van der Waals surface area contributed by atoms with Crippen molar-refractivity contribution in [1.29, 1.82) is 0 Å². The lowest BCUT2D eigenvalue weighted by Crippen LogP contribution is -2.65. The average molecular weight is 232 g/mol. The fourth-order valence-electron chi connectivity index (χ4n) is 2.65. The maximum Gasteiger partial charge on any atom is 0.311 e. The molecule has 0 spiro atoms. The van der Waals surface area contributed by atoms with Crippen LogP contribution < -0.4 is 0 Å². The summed E-state index contributed by atoms with van der Waals surface area (Å²) in [4.78, 5) is 11.1. The molecule has 16 heavy (non-hydrogen) atoms. The Morgan fingerprint density at radius 3 is 1.50 bits per heavy atom. The monoisotopic (exact) mass is 232 g/mol. The van der Waals surface area contributed by atoms with E-state index in [0.29, 0.717) is 0 Å². The molecule has 0 amide bonds. The number of carboxylic acids is 1. The number of carboxylic acid groups (broad SMARTS) is 1. The summed E-state index contributed by atoms with van der Waals surface area (Å²) in [6.45, 7) is 6.41. The summed E-state index contributed by atoms with van der Waals surface area (Å²) >= 11 is 0. The highest BCUT2D eigenvalue weighted by Gasteiger charge is 2.59. The van der Waals surface area contributed by atoms with Gasteiger partial charge in [0.15, 0.2) is 0 Å². The molecule has 0 aliphatic heterocycles. The van der Waals surface area contributed by atoms with Crippen LogP contribution in [0.5, 0.6) is 0 Å². The zero-order valence-corrected chi connectivity index (χ0v) is 10.0. The van der Waals surface area contributed by atoms with Crippen LogP contribution in [0.25, 0.3) is 0 Å². The van der Waals surface area contributed by atoms with E-state index in [-0.39, 0.29) is 0 Å². The minimum atomic E-state index is -1.27. The van der Waals surface area contributed by atoms with E-state index in [2.05, 4.69) is 0 Å². The second kappa shape index (κ2) is 3.68. The van der Waals surface area contributed by atoms with Crippen LogP contribution >= 0.6 is 0 Å². The van der Waals surface area contributed by atoms with Gasteiger partial charge in [-0.3, -0.25) is 4.79 Å². The first-order valence-electron chi connectivity index (χ1n) is 5.31. The quantitative estimate of drug-likeness (QED) is 0.503. The summed E-state index contributed by atoms with van der Waals surface area (Å²) in [7, 11) is 0. The second-order valence-electron chi connectivity index (χ2n) is 5.80. The van der Waals surface area contributed by atoms with E-state index in [1.54, 1.807) is 27.7 Å². The maximum absolute atomic E-state index is 11.1. The summed E-state index contributed by atoms with van der Waals surface area (Å²) in [5.41, 5.74) is -1.93. The fraction of sp³-hybridized carbons (Fsp3) is 0.909. The Labute approximate surface area is 94.7 Å². The number of carbonyl (C=O) groups is 1. The largest absolute Gasteiger partial charge is 0.481 e. The summed E-state index contributed by atoms with van der Waals surface area (Å²) in [6.07, 6.45) is -3.52. The van der Waals surface area contributed by atoms with Crippen LogP contribution in [0.15, 0.2) is 0 Å². The maximum atomic E-state index is 11.1. The fourth-order valence-corrected chi connectivity index (χ4v) is 2.65. The highest BCUT2D eigenvalue weighted by molar-refractivity contribution is 5.72. The van der Waals surface area contributed by atoms with Crippen molar-refractivity contribution in [3.05, 3.63) is 0 Å². The Kier molecular flexibility index (Phi) is 3.09. The van der Waals surface area contributed by atoms with Gasteiger partial charge in [-0.05, 0) is 0 Å². The minimum absolute atomic E-state index is 0.966. The molecule has 1 saturated carbocycles. The van der Waals surface area contributed by atoms with Crippen molar-refractivity contribution in [2.75, 3.05) is 0 Å². The minimum Gasteiger partial charge on any atom is -0.481 e. The molecule has 0 saturated heterocycles. The first kappa shape index (κ1) is 13.4. The summed E-state index contributed by atoms with van der Waals surface area (Å²) in [5.74, 6) is -2.51. The number of aliphatic hydroxyl groups is 3. The molecule has 0 aromatic carbocycles. The third-order valence-corrected chi connectivity index (χ3v) is 3.90. The molecule has 5 heteroatoms. The molecule has 0 aromatic rings. The Balaban J connectivity index is 3.22. The van der Waals surface area contributed by atoms with Crippen molar-refractivity contribution in [2.24, 2.45) is 16.7 Å². The van der Waals surface area contributed by atoms with E-state index in [1.807, 2.05) is 0 Å². The molecule has 1 rings (SSSR count). The Morgan fingerprint density at radius 1 is 0.938 bits per heavy atom. The predicted molar refractivity (Wildman–Crippen MR) is 56.7 cm³/mol. The Bertz CT molecular complexity index is 275. The van der Waals surface area contributed by atoms with Gasteiger partial charge in [0.2, 0.25) is 0 Å². The highest BCUT2D eigenvalue weighted by atomic mass is 16.4. The van der Waals surface area contributed by atoms with Gasteiger partial charge >= 0.3 is 5.97 Å². The summed E-state index contributed by atoms with van der Waals surface area (Å²) in [6, 6.07) is 0. The molecule has 0 bridgehead atoms. The zero-order chi connectivity index (χ0) is 12.9. The van der Waals surface area contributed by atoms with Crippen molar-refractivity contribution >= 4 is 5.97 Å². The molecule has 0 radical (unpaired) electrons. The third-order valence-electron chi connectivity index (χ3n) is 3.90. The van der Waals surface area contributed by atoms with E-state index >= 15 is 0 Å². The third kappa shape index (κ3) is 1.63. The van der Waals surface area contributed by atoms with Crippen LogP contribution in [0.1, 0.15) is 27.7 Å².